The fraction of sp³-hybridized carbons (Fsp3) is 0.483. The van der Waals surface area contributed by atoms with E-state index in [-0.39, 0.29) is 36.4 Å². The second-order valence-corrected chi connectivity index (χ2v) is 10.5. The molecule has 4 aliphatic rings. The second kappa shape index (κ2) is 10.2. The van der Waals surface area contributed by atoms with Crippen LogP contribution in [-0.4, -0.2) is 71.4 Å². The smallest absolute Gasteiger partial charge is 0.246 e. The van der Waals surface area contributed by atoms with Crippen molar-refractivity contribution in [2.24, 2.45) is 11.8 Å². The Morgan fingerprint density at radius 3 is 2.22 bits per heavy atom. The molecular formula is C29H33N3O5. The summed E-state index contributed by atoms with van der Waals surface area (Å²) in [6.45, 7) is 3.61. The summed E-state index contributed by atoms with van der Waals surface area (Å²) < 4.78 is 10.9. The van der Waals surface area contributed by atoms with Gasteiger partial charge in [0.15, 0.2) is 11.5 Å². The zero-order valence-corrected chi connectivity index (χ0v) is 21.0. The van der Waals surface area contributed by atoms with Gasteiger partial charge in [0.2, 0.25) is 24.5 Å². The molecule has 2 aromatic carbocycles. The molecule has 194 valence electrons. The number of benzene rings is 2. The van der Waals surface area contributed by atoms with Gasteiger partial charge >= 0.3 is 0 Å². The van der Waals surface area contributed by atoms with E-state index in [4.69, 9.17) is 9.47 Å². The zero-order valence-electron chi connectivity index (χ0n) is 21.0. The highest BCUT2D eigenvalue weighted by atomic mass is 16.7. The first-order valence-corrected chi connectivity index (χ1v) is 13.4. The SMILES string of the molecule is O=C([C@H](Cc1ccccc1)N1C(=O)[C@@H]2CCCC[C@H]2C1=O)N1CCN(Cc2ccc3c(c2)OCO3)CC1. The average Bonchev–Trinajstić information content (AvgIpc) is 3.50. The number of fused-ring (bicyclic) bond motifs is 2. The first kappa shape index (κ1) is 24.0. The highest BCUT2D eigenvalue weighted by molar-refractivity contribution is 6.08. The van der Waals surface area contributed by atoms with Crippen LogP contribution in [0.1, 0.15) is 36.8 Å². The van der Waals surface area contributed by atoms with E-state index in [1.807, 2.05) is 53.4 Å². The van der Waals surface area contributed by atoms with Crippen molar-refractivity contribution < 1.29 is 23.9 Å². The van der Waals surface area contributed by atoms with Gasteiger partial charge in [-0.3, -0.25) is 24.2 Å². The maximum Gasteiger partial charge on any atom is 0.246 e. The number of hydrogen-bond acceptors (Lipinski definition) is 6. The van der Waals surface area contributed by atoms with Crippen molar-refractivity contribution in [1.82, 2.24) is 14.7 Å². The molecule has 0 spiro atoms. The Balaban J connectivity index is 1.15. The molecule has 8 heteroatoms. The third-order valence-corrected chi connectivity index (χ3v) is 8.27. The molecule has 3 aliphatic heterocycles. The zero-order chi connectivity index (χ0) is 25.4. The van der Waals surface area contributed by atoms with Gasteiger partial charge in [-0.15, -0.1) is 0 Å². The molecule has 0 N–H and O–H groups in total. The number of imide groups is 1. The normalized spacial score (nSPS) is 24.3. The predicted octanol–water partition coefficient (Wildman–Crippen LogP) is 2.85. The summed E-state index contributed by atoms with van der Waals surface area (Å²) in [5.74, 6) is 0.615. The third-order valence-electron chi connectivity index (χ3n) is 8.27. The Bertz CT molecular complexity index is 1150. The quantitative estimate of drug-likeness (QED) is 0.564. The average molecular weight is 504 g/mol. The fourth-order valence-electron chi connectivity index (χ4n) is 6.26. The largest absolute Gasteiger partial charge is 0.454 e. The summed E-state index contributed by atoms with van der Waals surface area (Å²) >= 11 is 0. The lowest BCUT2D eigenvalue weighted by molar-refractivity contribution is -0.152. The highest BCUT2D eigenvalue weighted by Crippen LogP contribution is 2.39. The van der Waals surface area contributed by atoms with Gasteiger partial charge in [-0.05, 0) is 36.1 Å². The number of likely N-dealkylation sites (tertiary alicyclic amines) is 1. The minimum absolute atomic E-state index is 0.119. The van der Waals surface area contributed by atoms with E-state index in [0.717, 1.165) is 67.9 Å². The van der Waals surface area contributed by atoms with Crippen molar-refractivity contribution in [3.63, 3.8) is 0 Å². The van der Waals surface area contributed by atoms with Crippen molar-refractivity contribution in [3.05, 3.63) is 59.7 Å². The van der Waals surface area contributed by atoms with Crippen LogP contribution < -0.4 is 9.47 Å². The summed E-state index contributed by atoms with van der Waals surface area (Å²) in [5.41, 5.74) is 2.10. The number of hydrogen-bond donors (Lipinski definition) is 0. The lowest BCUT2D eigenvalue weighted by atomic mass is 9.81. The van der Waals surface area contributed by atoms with Gasteiger partial charge in [0.1, 0.15) is 6.04 Å². The van der Waals surface area contributed by atoms with E-state index in [2.05, 4.69) is 4.90 Å². The van der Waals surface area contributed by atoms with Crippen LogP contribution in [-0.2, 0) is 27.3 Å². The highest BCUT2D eigenvalue weighted by Gasteiger charge is 2.52. The molecule has 0 radical (unpaired) electrons. The van der Waals surface area contributed by atoms with Crippen LogP contribution in [0.5, 0.6) is 11.5 Å². The molecule has 37 heavy (non-hydrogen) atoms. The van der Waals surface area contributed by atoms with Crippen molar-refractivity contribution >= 4 is 17.7 Å². The first-order valence-electron chi connectivity index (χ1n) is 13.4. The Labute approximate surface area is 217 Å². The van der Waals surface area contributed by atoms with Crippen LogP contribution in [0, 0.1) is 11.8 Å². The van der Waals surface area contributed by atoms with Crippen LogP contribution in [0.25, 0.3) is 0 Å². The maximum absolute atomic E-state index is 13.9. The molecule has 0 unspecified atom stereocenters. The van der Waals surface area contributed by atoms with Gasteiger partial charge in [0.25, 0.3) is 0 Å². The van der Waals surface area contributed by atoms with Crippen molar-refractivity contribution in [2.75, 3.05) is 33.0 Å². The molecule has 0 aromatic heterocycles. The van der Waals surface area contributed by atoms with Gasteiger partial charge in [0.05, 0.1) is 11.8 Å². The molecular weight excluding hydrogens is 470 g/mol. The van der Waals surface area contributed by atoms with E-state index >= 15 is 0 Å². The Hall–Kier alpha value is -3.39. The van der Waals surface area contributed by atoms with Gasteiger partial charge in [-0.2, -0.15) is 0 Å². The number of ether oxygens (including phenoxy) is 2. The number of amides is 3. The lowest BCUT2D eigenvalue weighted by Gasteiger charge is -2.38. The molecule has 6 rings (SSSR count). The van der Waals surface area contributed by atoms with Crippen LogP contribution in [0.4, 0.5) is 0 Å². The molecule has 3 heterocycles. The van der Waals surface area contributed by atoms with Crippen LogP contribution in [0.3, 0.4) is 0 Å². The Kier molecular flexibility index (Phi) is 6.59. The fourth-order valence-corrected chi connectivity index (χ4v) is 6.26. The summed E-state index contributed by atoms with van der Waals surface area (Å²) in [4.78, 5) is 46.2. The molecule has 2 saturated heterocycles. The first-order chi connectivity index (χ1) is 18.1. The summed E-state index contributed by atoms with van der Waals surface area (Å²) in [6.07, 6.45) is 3.79. The predicted molar refractivity (Wildman–Crippen MR) is 136 cm³/mol. The number of carbonyl (C=O) groups excluding carboxylic acids is 3. The minimum Gasteiger partial charge on any atom is -0.454 e. The van der Waals surface area contributed by atoms with Gasteiger partial charge in [-0.1, -0.05) is 49.2 Å². The molecule has 2 aromatic rings. The summed E-state index contributed by atoms with van der Waals surface area (Å²) in [7, 11) is 0. The van der Waals surface area contributed by atoms with E-state index < -0.39 is 6.04 Å². The van der Waals surface area contributed by atoms with Crippen molar-refractivity contribution in [2.45, 2.75) is 44.7 Å². The lowest BCUT2D eigenvalue weighted by Crippen LogP contribution is -2.56. The number of carbonyl (C=O) groups is 3. The van der Waals surface area contributed by atoms with Crippen LogP contribution >= 0.6 is 0 Å². The van der Waals surface area contributed by atoms with Gasteiger partial charge in [0, 0.05) is 39.1 Å². The maximum atomic E-state index is 13.9. The van der Waals surface area contributed by atoms with E-state index in [9.17, 15) is 14.4 Å². The molecule has 3 atom stereocenters. The van der Waals surface area contributed by atoms with Crippen LogP contribution in [0.15, 0.2) is 48.5 Å². The summed E-state index contributed by atoms with van der Waals surface area (Å²) in [5, 5.41) is 0. The summed E-state index contributed by atoms with van der Waals surface area (Å²) in [6, 6.07) is 14.9. The van der Waals surface area contributed by atoms with E-state index in [0.29, 0.717) is 19.5 Å². The minimum atomic E-state index is -0.784. The number of nitrogens with zero attached hydrogens (tertiary/aromatic N) is 3. The molecule has 1 saturated carbocycles. The number of rotatable bonds is 6. The molecule has 3 fully saturated rings. The third kappa shape index (κ3) is 4.70. The Morgan fingerprint density at radius 1 is 0.838 bits per heavy atom. The molecule has 8 nitrogen and oxygen atoms in total. The van der Waals surface area contributed by atoms with Gasteiger partial charge in [-0.25, -0.2) is 0 Å². The topological polar surface area (TPSA) is 79.4 Å². The van der Waals surface area contributed by atoms with E-state index in [1.165, 1.54) is 4.90 Å². The number of piperazine rings is 1. The molecule has 3 amide bonds. The Morgan fingerprint density at radius 2 is 1.51 bits per heavy atom. The standard InChI is InChI=1S/C29H33N3O5/c33-27-22-8-4-5-9-23(22)28(34)32(27)24(16-20-6-2-1-3-7-20)29(35)31-14-12-30(13-15-31)18-21-10-11-25-26(17-21)37-19-36-25/h1-3,6-7,10-11,17,22-24H,4-5,8-9,12-16,18-19H2/t22-,23-,24+/m1/s1. The van der Waals surface area contributed by atoms with E-state index in [1.54, 1.807) is 0 Å². The van der Waals surface area contributed by atoms with Crippen molar-refractivity contribution in [1.29, 1.82) is 0 Å². The van der Waals surface area contributed by atoms with Gasteiger partial charge < -0.3 is 14.4 Å². The van der Waals surface area contributed by atoms with Crippen molar-refractivity contribution in [3.8, 4) is 11.5 Å². The molecule has 1 aliphatic carbocycles. The second-order valence-electron chi connectivity index (χ2n) is 10.5. The van der Waals surface area contributed by atoms with Crippen LogP contribution in [0.2, 0.25) is 0 Å². The molecule has 0 bridgehead atoms. The monoisotopic (exact) mass is 503 g/mol.